The lowest BCUT2D eigenvalue weighted by Gasteiger charge is -2.25. The SMILES string of the molecule is CC(C)CC1c2ccccc2NC1C(C)C. The van der Waals surface area contributed by atoms with Crippen molar-refractivity contribution in [2.45, 2.75) is 46.1 Å². The molecule has 0 amide bonds. The minimum absolute atomic E-state index is 0.611. The number of hydrogen-bond donors (Lipinski definition) is 1. The Kier molecular flexibility index (Phi) is 3.22. The van der Waals surface area contributed by atoms with Gasteiger partial charge in [0.05, 0.1) is 0 Å². The van der Waals surface area contributed by atoms with Gasteiger partial charge in [-0.1, -0.05) is 45.9 Å². The lowest BCUT2D eigenvalue weighted by atomic mass is 9.83. The summed E-state index contributed by atoms with van der Waals surface area (Å²) < 4.78 is 0. The molecule has 0 saturated heterocycles. The highest BCUT2D eigenvalue weighted by Gasteiger charge is 2.33. The van der Waals surface area contributed by atoms with Gasteiger partial charge in [0.2, 0.25) is 0 Å². The minimum atomic E-state index is 0.611. The molecule has 1 aromatic carbocycles. The van der Waals surface area contributed by atoms with Crippen molar-refractivity contribution in [3.8, 4) is 0 Å². The second-order valence-electron chi connectivity index (χ2n) is 5.74. The van der Waals surface area contributed by atoms with Crippen LogP contribution in [-0.4, -0.2) is 6.04 Å². The molecule has 0 spiro atoms. The van der Waals surface area contributed by atoms with E-state index in [9.17, 15) is 0 Å². The van der Waals surface area contributed by atoms with Crippen molar-refractivity contribution in [3.63, 3.8) is 0 Å². The Balaban J connectivity index is 2.28. The van der Waals surface area contributed by atoms with E-state index in [1.54, 1.807) is 0 Å². The van der Waals surface area contributed by atoms with Gasteiger partial charge in [-0.25, -0.2) is 0 Å². The van der Waals surface area contributed by atoms with Gasteiger partial charge in [-0.3, -0.25) is 0 Å². The summed E-state index contributed by atoms with van der Waals surface area (Å²) >= 11 is 0. The molecule has 0 fully saturated rings. The van der Waals surface area contributed by atoms with Gasteiger partial charge >= 0.3 is 0 Å². The van der Waals surface area contributed by atoms with Crippen molar-refractivity contribution in [2.24, 2.45) is 11.8 Å². The number of nitrogens with one attached hydrogen (secondary N) is 1. The monoisotopic (exact) mass is 217 g/mol. The van der Waals surface area contributed by atoms with Gasteiger partial charge in [-0.15, -0.1) is 0 Å². The molecule has 2 rings (SSSR count). The van der Waals surface area contributed by atoms with E-state index >= 15 is 0 Å². The molecule has 1 aromatic rings. The molecular formula is C15H23N. The maximum atomic E-state index is 3.69. The van der Waals surface area contributed by atoms with Gasteiger partial charge < -0.3 is 5.32 Å². The molecule has 1 heteroatoms. The first-order chi connectivity index (χ1) is 7.59. The van der Waals surface area contributed by atoms with Gasteiger partial charge in [-0.05, 0) is 29.9 Å². The van der Waals surface area contributed by atoms with E-state index in [2.05, 4.69) is 57.3 Å². The van der Waals surface area contributed by atoms with Crippen LogP contribution in [0.1, 0.15) is 45.6 Å². The number of fused-ring (bicyclic) bond motifs is 1. The lowest BCUT2D eigenvalue weighted by Crippen LogP contribution is -2.27. The molecule has 2 atom stereocenters. The Morgan fingerprint density at radius 2 is 1.81 bits per heavy atom. The second-order valence-corrected chi connectivity index (χ2v) is 5.74. The number of benzene rings is 1. The summed E-state index contributed by atoms with van der Waals surface area (Å²) in [6.07, 6.45) is 1.28. The fourth-order valence-electron chi connectivity index (χ4n) is 2.84. The molecule has 88 valence electrons. The molecule has 0 bridgehead atoms. The Bertz CT molecular complexity index is 354. The maximum absolute atomic E-state index is 3.69. The third-order valence-electron chi connectivity index (χ3n) is 3.56. The summed E-state index contributed by atoms with van der Waals surface area (Å²) in [6.45, 7) is 9.27. The van der Waals surface area contributed by atoms with E-state index in [0.29, 0.717) is 17.9 Å². The second kappa shape index (κ2) is 4.48. The van der Waals surface area contributed by atoms with Crippen LogP contribution in [0, 0.1) is 11.8 Å². The van der Waals surface area contributed by atoms with Gasteiger partial charge in [-0.2, -0.15) is 0 Å². The zero-order valence-corrected chi connectivity index (χ0v) is 10.8. The number of hydrogen-bond acceptors (Lipinski definition) is 1. The van der Waals surface area contributed by atoms with Crippen molar-refractivity contribution < 1.29 is 0 Å². The number of para-hydroxylation sites is 1. The average molecular weight is 217 g/mol. The third-order valence-corrected chi connectivity index (χ3v) is 3.56. The predicted molar refractivity (Wildman–Crippen MR) is 70.9 cm³/mol. The minimum Gasteiger partial charge on any atom is -0.381 e. The highest BCUT2D eigenvalue weighted by molar-refractivity contribution is 5.59. The lowest BCUT2D eigenvalue weighted by molar-refractivity contribution is 0.402. The summed E-state index contributed by atoms with van der Waals surface area (Å²) in [5, 5.41) is 3.69. The number of anilines is 1. The summed E-state index contributed by atoms with van der Waals surface area (Å²) in [5.74, 6) is 2.14. The van der Waals surface area contributed by atoms with Crippen LogP contribution in [0.25, 0.3) is 0 Å². The fourth-order valence-corrected chi connectivity index (χ4v) is 2.84. The van der Waals surface area contributed by atoms with Crippen molar-refractivity contribution in [1.29, 1.82) is 0 Å². The van der Waals surface area contributed by atoms with Crippen LogP contribution in [0.2, 0.25) is 0 Å². The van der Waals surface area contributed by atoms with Crippen LogP contribution in [0.3, 0.4) is 0 Å². The maximum Gasteiger partial charge on any atom is 0.0378 e. The van der Waals surface area contributed by atoms with E-state index in [1.165, 1.54) is 17.7 Å². The first kappa shape index (κ1) is 11.5. The first-order valence-corrected chi connectivity index (χ1v) is 6.45. The summed E-state index contributed by atoms with van der Waals surface area (Å²) in [6, 6.07) is 9.40. The van der Waals surface area contributed by atoms with Crippen LogP contribution < -0.4 is 5.32 Å². The Hall–Kier alpha value is -0.980. The fraction of sp³-hybridized carbons (Fsp3) is 0.600. The molecule has 1 N–H and O–H groups in total. The highest BCUT2D eigenvalue weighted by Crippen LogP contribution is 2.41. The van der Waals surface area contributed by atoms with E-state index < -0.39 is 0 Å². The quantitative estimate of drug-likeness (QED) is 0.797. The van der Waals surface area contributed by atoms with Crippen molar-refractivity contribution in [1.82, 2.24) is 0 Å². The van der Waals surface area contributed by atoms with Gasteiger partial charge in [0, 0.05) is 17.6 Å². The van der Waals surface area contributed by atoms with Crippen LogP contribution in [0.4, 0.5) is 5.69 Å². The van der Waals surface area contributed by atoms with Gasteiger partial charge in [0.15, 0.2) is 0 Å². The highest BCUT2D eigenvalue weighted by atomic mass is 15.0. The van der Waals surface area contributed by atoms with Gasteiger partial charge in [0.1, 0.15) is 0 Å². The van der Waals surface area contributed by atoms with Crippen LogP contribution >= 0.6 is 0 Å². The topological polar surface area (TPSA) is 12.0 Å². The summed E-state index contributed by atoms with van der Waals surface area (Å²) in [7, 11) is 0. The molecule has 1 nitrogen and oxygen atoms in total. The molecule has 0 aliphatic carbocycles. The molecule has 0 aromatic heterocycles. The van der Waals surface area contributed by atoms with Crippen molar-refractivity contribution in [2.75, 3.05) is 5.32 Å². The van der Waals surface area contributed by atoms with E-state index in [4.69, 9.17) is 0 Å². The summed E-state index contributed by atoms with van der Waals surface area (Å²) in [5.41, 5.74) is 2.88. The van der Waals surface area contributed by atoms with Gasteiger partial charge in [0.25, 0.3) is 0 Å². The third kappa shape index (κ3) is 2.09. The largest absolute Gasteiger partial charge is 0.381 e. The molecule has 1 heterocycles. The van der Waals surface area contributed by atoms with Crippen LogP contribution in [0.15, 0.2) is 24.3 Å². The average Bonchev–Trinajstić information content (AvgIpc) is 2.57. The molecule has 1 aliphatic heterocycles. The number of rotatable bonds is 3. The smallest absolute Gasteiger partial charge is 0.0378 e. The zero-order chi connectivity index (χ0) is 11.7. The zero-order valence-electron chi connectivity index (χ0n) is 10.8. The van der Waals surface area contributed by atoms with Crippen LogP contribution in [0.5, 0.6) is 0 Å². The molecule has 0 saturated carbocycles. The normalized spacial score (nSPS) is 23.6. The predicted octanol–water partition coefficient (Wildman–Crippen LogP) is 4.27. The molecule has 0 radical (unpaired) electrons. The Morgan fingerprint density at radius 3 is 2.44 bits per heavy atom. The molecular weight excluding hydrogens is 194 g/mol. The molecule has 16 heavy (non-hydrogen) atoms. The Morgan fingerprint density at radius 1 is 1.12 bits per heavy atom. The molecule has 2 unspecified atom stereocenters. The molecule has 1 aliphatic rings. The first-order valence-electron chi connectivity index (χ1n) is 6.45. The summed E-state index contributed by atoms with van der Waals surface area (Å²) in [4.78, 5) is 0. The van der Waals surface area contributed by atoms with Crippen LogP contribution in [-0.2, 0) is 0 Å². The van der Waals surface area contributed by atoms with E-state index in [-0.39, 0.29) is 0 Å². The standard InChI is InChI=1S/C15H23N/c1-10(2)9-13-12-7-5-6-8-14(12)16-15(13)11(3)4/h5-8,10-11,13,15-16H,9H2,1-4H3. The van der Waals surface area contributed by atoms with Crippen molar-refractivity contribution in [3.05, 3.63) is 29.8 Å². The van der Waals surface area contributed by atoms with E-state index in [0.717, 1.165) is 5.92 Å². The van der Waals surface area contributed by atoms with E-state index in [1.807, 2.05) is 0 Å². The van der Waals surface area contributed by atoms with Crippen molar-refractivity contribution >= 4 is 5.69 Å². The Labute approximate surface area is 99.3 Å².